The number of ether oxygens (including phenoxy) is 1. The van der Waals surface area contributed by atoms with Crippen LogP contribution in [-0.2, 0) is 11.2 Å². The van der Waals surface area contributed by atoms with Crippen LogP contribution in [0.3, 0.4) is 0 Å². The van der Waals surface area contributed by atoms with Gasteiger partial charge in [-0.3, -0.25) is 4.79 Å². The average Bonchev–Trinajstić information content (AvgIpc) is 3.11. The van der Waals surface area contributed by atoms with E-state index in [2.05, 4.69) is 0 Å². The van der Waals surface area contributed by atoms with Gasteiger partial charge in [-0.1, -0.05) is 39.8 Å². The lowest BCUT2D eigenvalue weighted by atomic mass is 10.2. The highest BCUT2D eigenvalue weighted by Gasteiger charge is 2.23. The van der Waals surface area contributed by atoms with Gasteiger partial charge in [-0.15, -0.1) is 0 Å². The molecule has 0 radical (unpaired) electrons. The van der Waals surface area contributed by atoms with E-state index in [1.807, 2.05) is 73.7 Å². The topological polar surface area (TPSA) is 29.5 Å². The number of amides is 1. The molecule has 0 unspecified atom stereocenters. The molecule has 0 bridgehead atoms. The number of fused-ring (bicyclic) bond motifs is 1. The van der Waals surface area contributed by atoms with E-state index >= 15 is 0 Å². The summed E-state index contributed by atoms with van der Waals surface area (Å²) in [6.45, 7) is 9.19. The first-order chi connectivity index (χ1) is 10.8. The van der Waals surface area contributed by atoms with Crippen LogP contribution in [0.1, 0.15) is 33.3 Å². The van der Waals surface area contributed by atoms with Gasteiger partial charge in [0.15, 0.2) is 0 Å². The highest BCUT2D eigenvalue weighted by molar-refractivity contribution is 7.08. The molecule has 3 nitrogen and oxygen atoms in total. The zero-order chi connectivity index (χ0) is 16.4. The van der Waals surface area contributed by atoms with Crippen molar-refractivity contribution in [3.8, 4) is 5.75 Å². The fourth-order valence-electron chi connectivity index (χ4n) is 2.09. The van der Waals surface area contributed by atoms with Gasteiger partial charge in [0, 0.05) is 0 Å². The van der Waals surface area contributed by atoms with E-state index in [4.69, 9.17) is 4.74 Å². The Kier molecular flexibility index (Phi) is 8.30. The number of rotatable bonds is 2. The number of benzene rings is 1. The highest BCUT2D eigenvalue weighted by Crippen LogP contribution is 2.31. The minimum atomic E-state index is 0.129. The summed E-state index contributed by atoms with van der Waals surface area (Å²) in [5.74, 6) is 0.923. The molecule has 2 heterocycles. The maximum absolute atomic E-state index is 12.3. The Morgan fingerprint density at radius 3 is 2.59 bits per heavy atom. The molecule has 0 N–H and O–H groups in total. The molecule has 120 valence electrons. The predicted molar refractivity (Wildman–Crippen MR) is 95.0 cm³/mol. The predicted octanol–water partition coefficient (Wildman–Crippen LogP) is 4.77. The molecule has 4 heteroatoms. The van der Waals surface area contributed by atoms with Crippen LogP contribution in [0.25, 0.3) is 0 Å². The van der Waals surface area contributed by atoms with Crippen molar-refractivity contribution in [2.45, 2.75) is 34.1 Å². The second-order valence-electron chi connectivity index (χ2n) is 4.17. The third-order valence-electron chi connectivity index (χ3n) is 2.97. The first-order valence-electron chi connectivity index (χ1n) is 7.88. The summed E-state index contributed by atoms with van der Waals surface area (Å²) >= 11 is 1.62. The van der Waals surface area contributed by atoms with Gasteiger partial charge < -0.3 is 9.64 Å². The lowest BCUT2D eigenvalue weighted by Gasteiger charge is -2.29. The molecular weight excluding hydrogens is 294 g/mol. The molecular formula is C18H25NO2S. The lowest BCUT2D eigenvalue weighted by Crippen LogP contribution is -2.38. The van der Waals surface area contributed by atoms with Crippen LogP contribution in [0.15, 0.2) is 41.1 Å². The second kappa shape index (κ2) is 10.0. The Morgan fingerprint density at radius 1 is 1.18 bits per heavy atom. The third-order valence-corrected chi connectivity index (χ3v) is 3.70. The van der Waals surface area contributed by atoms with Crippen molar-refractivity contribution in [2.75, 3.05) is 18.1 Å². The Hall–Kier alpha value is -1.81. The summed E-state index contributed by atoms with van der Waals surface area (Å²) in [4.78, 5) is 14.1. The van der Waals surface area contributed by atoms with E-state index in [0.717, 1.165) is 17.0 Å². The van der Waals surface area contributed by atoms with Crippen LogP contribution in [0, 0.1) is 0 Å². The van der Waals surface area contributed by atoms with Gasteiger partial charge in [0.25, 0.3) is 0 Å². The SMILES string of the molecule is CC.CC.O=C(Cc1ccsc1)N1CCOc2ccccc21. The van der Waals surface area contributed by atoms with Gasteiger partial charge in [0.05, 0.1) is 18.7 Å². The minimum Gasteiger partial charge on any atom is -0.490 e. The molecule has 2 aromatic rings. The largest absolute Gasteiger partial charge is 0.490 e. The van der Waals surface area contributed by atoms with Crippen LogP contribution < -0.4 is 9.64 Å². The number of carbonyl (C=O) groups excluding carboxylic acids is 1. The average molecular weight is 319 g/mol. The van der Waals surface area contributed by atoms with Crippen molar-refractivity contribution >= 4 is 22.9 Å². The molecule has 0 fully saturated rings. The second-order valence-corrected chi connectivity index (χ2v) is 4.95. The van der Waals surface area contributed by atoms with Crippen molar-refractivity contribution < 1.29 is 9.53 Å². The van der Waals surface area contributed by atoms with E-state index < -0.39 is 0 Å². The Bertz CT molecular complexity index is 552. The third kappa shape index (κ3) is 4.60. The van der Waals surface area contributed by atoms with E-state index in [-0.39, 0.29) is 5.91 Å². The summed E-state index contributed by atoms with van der Waals surface area (Å²) in [6.07, 6.45) is 0.456. The standard InChI is InChI=1S/C14H13NO2S.2C2H6/c16-14(9-11-5-8-18-10-11)15-6-7-17-13-4-2-1-3-12(13)15;2*1-2/h1-5,8,10H,6-7,9H2;2*1-2H3. The van der Waals surface area contributed by atoms with Gasteiger partial charge in [-0.2, -0.15) is 11.3 Å². The zero-order valence-corrected chi connectivity index (χ0v) is 14.7. The van der Waals surface area contributed by atoms with Crippen molar-refractivity contribution in [3.63, 3.8) is 0 Å². The van der Waals surface area contributed by atoms with E-state index in [1.54, 1.807) is 11.3 Å². The quantitative estimate of drug-likeness (QED) is 0.798. The molecule has 1 aromatic heterocycles. The Morgan fingerprint density at radius 2 is 1.91 bits per heavy atom. The van der Waals surface area contributed by atoms with Crippen molar-refractivity contribution in [3.05, 3.63) is 46.7 Å². The molecule has 0 saturated heterocycles. The smallest absolute Gasteiger partial charge is 0.231 e. The maximum Gasteiger partial charge on any atom is 0.231 e. The maximum atomic E-state index is 12.3. The molecule has 0 spiro atoms. The van der Waals surface area contributed by atoms with Crippen LogP contribution in [-0.4, -0.2) is 19.1 Å². The van der Waals surface area contributed by atoms with Crippen LogP contribution in [0.4, 0.5) is 5.69 Å². The number of hydrogen-bond donors (Lipinski definition) is 0. The summed E-state index contributed by atoms with van der Waals surface area (Å²) < 4.78 is 5.55. The number of carbonyl (C=O) groups is 1. The van der Waals surface area contributed by atoms with E-state index in [1.165, 1.54) is 0 Å². The highest BCUT2D eigenvalue weighted by atomic mass is 32.1. The van der Waals surface area contributed by atoms with E-state index in [0.29, 0.717) is 19.6 Å². The minimum absolute atomic E-state index is 0.129. The number of para-hydroxylation sites is 2. The summed E-state index contributed by atoms with van der Waals surface area (Å²) in [7, 11) is 0. The van der Waals surface area contributed by atoms with E-state index in [9.17, 15) is 4.79 Å². The van der Waals surface area contributed by atoms with Crippen LogP contribution in [0.5, 0.6) is 5.75 Å². The zero-order valence-electron chi connectivity index (χ0n) is 13.8. The number of hydrogen-bond acceptors (Lipinski definition) is 3. The van der Waals surface area contributed by atoms with Crippen molar-refractivity contribution in [1.82, 2.24) is 0 Å². The molecule has 1 amide bonds. The van der Waals surface area contributed by atoms with Gasteiger partial charge in [-0.05, 0) is 34.5 Å². The monoisotopic (exact) mass is 319 g/mol. The Labute approximate surface area is 137 Å². The Balaban J connectivity index is 0.000000561. The molecule has 3 rings (SSSR count). The first-order valence-corrected chi connectivity index (χ1v) is 8.82. The summed E-state index contributed by atoms with van der Waals surface area (Å²) in [5.41, 5.74) is 1.96. The number of anilines is 1. The fourth-order valence-corrected chi connectivity index (χ4v) is 2.76. The first kappa shape index (κ1) is 18.2. The molecule has 0 saturated carbocycles. The van der Waals surface area contributed by atoms with Gasteiger partial charge in [0.2, 0.25) is 5.91 Å². The molecule has 0 aliphatic carbocycles. The number of nitrogens with zero attached hydrogens (tertiary/aromatic N) is 1. The van der Waals surface area contributed by atoms with Gasteiger partial charge >= 0.3 is 0 Å². The van der Waals surface area contributed by atoms with Crippen LogP contribution in [0.2, 0.25) is 0 Å². The van der Waals surface area contributed by atoms with Crippen molar-refractivity contribution in [1.29, 1.82) is 0 Å². The normalized spacial score (nSPS) is 11.9. The summed E-state index contributed by atoms with van der Waals surface area (Å²) in [6, 6.07) is 9.68. The molecule has 1 aliphatic heterocycles. The van der Waals surface area contributed by atoms with Crippen molar-refractivity contribution in [2.24, 2.45) is 0 Å². The fraction of sp³-hybridized carbons (Fsp3) is 0.389. The van der Waals surface area contributed by atoms with Crippen LogP contribution >= 0.6 is 11.3 Å². The molecule has 22 heavy (non-hydrogen) atoms. The molecule has 1 aliphatic rings. The van der Waals surface area contributed by atoms with Gasteiger partial charge in [-0.25, -0.2) is 0 Å². The summed E-state index contributed by atoms with van der Waals surface area (Å²) in [5, 5.41) is 4.01. The van der Waals surface area contributed by atoms with Gasteiger partial charge in [0.1, 0.15) is 12.4 Å². The number of thiophene rings is 1. The lowest BCUT2D eigenvalue weighted by molar-refractivity contribution is -0.118. The molecule has 1 aromatic carbocycles. The molecule has 0 atom stereocenters.